The molecule has 0 unspecified atom stereocenters. The number of hydrogen-bond acceptors (Lipinski definition) is 3. The Morgan fingerprint density at radius 1 is 0.950 bits per heavy atom. The van der Waals surface area contributed by atoms with E-state index in [2.05, 4.69) is 5.32 Å². The van der Waals surface area contributed by atoms with Gasteiger partial charge in [0.25, 0.3) is 5.91 Å². The van der Waals surface area contributed by atoms with Gasteiger partial charge in [0.15, 0.2) is 0 Å². The number of carbonyl (C=O) groups is 2. The average molecular weight is 269 g/mol. The van der Waals surface area contributed by atoms with Crippen LogP contribution in [0.2, 0.25) is 0 Å². The lowest BCUT2D eigenvalue weighted by Gasteiger charge is -2.06. The van der Waals surface area contributed by atoms with Gasteiger partial charge in [0.2, 0.25) is 5.91 Å². The third-order valence-corrected chi connectivity index (χ3v) is 2.76. The van der Waals surface area contributed by atoms with Gasteiger partial charge in [0.1, 0.15) is 0 Å². The minimum atomic E-state index is -0.386. The molecule has 0 saturated heterocycles. The van der Waals surface area contributed by atoms with Crippen LogP contribution in [-0.4, -0.2) is 11.8 Å². The second kappa shape index (κ2) is 5.88. The van der Waals surface area contributed by atoms with Crippen molar-refractivity contribution in [2.75, 3.05) is 11.1 Å². The first kappa shape index (κ1) is 13.6. The molecule has 2 amide bonds. The molecule has 5 heteroatoms. The summed E-state index contributed by atoms with van der Waals surface area (Å²) >= 11 is 0. The lowest BCUT2D eigenvalue weighted by atomic mass is 10.1. The predicted octanol–water partition coefficient (Wildman–Crippen LogP) is 1.55. The van der Waals surface area contributed by atoms with Crippen LogP contribution in [0.5, 0.6) is 0 Å². The normalized spacial score (nSPS) is 10.0. The summed E-state index contributed by atoms with van der Waals surface area (Å²) in [5.41, 5.74) is 13.3. The first-order chi connectivity index (χ1) is 9.54. The van der Waals surface area contributed by atoms with Gasteiger partial charge < -0.3 is 16.8 Å². The summed E-state index contributed by atoms with van der Waals surface area (Å²) in [6.07, 6.45) is 0.187. The summed E-state index contributed by atoms with van der Waals surface area (Å²) in [6, 6.07) is 13.6. The Bertz CT molecular complexity index is 619. The molecule has 0 bridgehead atoms. The third-order valence-electron chi connectivity index (χ3n) is 2.76. The smallest absolute Gasteiger partial charge is 0.255 e. The van der Waals surface area contributed by atoms with E-state index in [0.717, 1.165) is 5.56 Å². The Balaban J connectivity index is 2.04. The number of carbonyl (C=O) groups excluding carboxylic acids is 2. The van der Waals surface area contributed by atoms with E-state index in [1.54, 1.807) is 48.5 Å². The lowest BCUT2D eigenvalue weighted by molar-refractivity contribution is -0.117. The van der Waals surface area contributed by atoms with E-state index in [1.807, 2.05) is 0 Å². The van der Waals surface area contributed by atoms with Crippen molar-refractivity contribution in [2.45, 2.75) is 6.42 Å². The van der Waals surface area contributed by atoms with Crippen LogP contribution in [0.15, 0.2) is 48.5 Å². The van der Waals surface area contributed by atoms with Crippen LogP contribution in [0, 0.1) is 0 Å². The molecule has 0 spiro atoms. The van der Waals surface area contributed by atoms with E-state index in [1.165, 1.54) is 0 Å². The molecule has 5 nitrogen and oxygen atoms in total. The fourth-order valence-corrected chi connectivity index (χ4v) is 1.74. The van der Waals surface area contributed by atoms with E-state index < -0.39 is 0 Å². The van der Waals surface area contributed by atoms with Crippen LogP contribution >= 0.6 is 0 Å². The molecule has 0 aromatic heterocycles. The minimum Gasteiger partial charge on any atom is -0.399 e. The number of nitrogen functional groups attached to an aromatic ring is 1. The van der Waals surface area contributed by atoms with E-state index >= 15 is 0 Å². The van der Waals surface area contributed by atoms with Crippen molar-refractivity contribution in [2.24, 2.45) is 5.73 Å². The number of anilines is 2. The maximum Gasteiger partial charge on any atom is 0.255 e. The third kappa shape index (κ3) is 3.58. The van der Waals surface area contributed by atoms with E-state index in [-0.39, 0.29) is 18.2 Å². The van der Waals surface area contributed by atoms with Gasteiger partial charge >= 0.3 is 0 Å². The molecule has 2 aromatic rings. The summed E-state index contributed by atoms with van der Waals surface area (Å²) < 4.78 is 0. The molecule has 0 aliphatic rings. The number of primary amides is 1. The quantitative estimate of drug-likeness (QED) is 0.734. The zero-order valence-corrected chi connectivity index (χ0v) is 10.8. The predicted molar refractivity (Wildman–Crippen MR) is 78.1 cm³/mol. The molecule has 0 aliphatic heterocycles. The highest BCUT2D eigenvalue weighted by Crippen LogP contribution is 2.12. The molecule has 0 heterocycles. The van der Waals surface area contributed by atoms with Crippen LogP contribution in [0.4, 0.5) is 11.4 Å². The number of nitrogens with one attached hydrogen (secondary N) is 1. The van der Waals surface area contributed by atoms with Crippen molar-refractivity contribution < 1.29 is 9.59 Å². The first-order valence-corrected chi connectivity index (χ1v) is 6.09. The number of benzene rings is 2. The average Bonchev–Trinajstić information content (AvgIpc) is 2.41. The Morgan fingerprint density at radius 2 is 1.55 bits per heavy atom. The second-order valence-corrected chi connectivity index (χ2v) is 4.42. The largest absolute Gasteiger partial charge is 0.399 e. The zero-order valence-electron chi connectivity index (χ0n) is 10.8. The Kier molecular flexibility index (Phi) is 4.00. The summed E-state index contributed by atoms with van der Waals surface area (Å²) in [5.74, 6) is -0.601. The summed E-state index contributed by atoms with van der Waals surface area (Å²) in [6.45, 7) is 0. The summed E-state index contributed by atoms with van der Waals surface area (Å²) in [7, 11) is 0. The van der Waals surface area contributed by atoms with Crippen molar-refractivity contribution in [1.82, 2.24) is 0 Å². The Labute approximate surface area is 116 Å². The molecule has 0 aliphatic carbocycles. The highest BCUT2D eigenvalue weighted by molar-refractivity contribution is 6.04. The van der Waals surface area contributed by atoms with E-state index in [0.29, 0.717) is 16.9 Å². The number of rotatable bonds is 4. The molecule has 0 fully saturated rings. The van der Waals surface area contributed by atoms with Crippen LogP contribution in [0.1, 0.15) is 15.9 Å². The SMILES string of the molecule is NC(=O)Cc1ccc(NC(=O)c2ccc(N)cc2)cc1. The fraction of sp³-hybridized carbons (Fsp3) is 0.0667. The number of hydrogen-bond donors (Lipinski definition) is 3. The standard InChI is InChI=1S/C15H15N3O2/c16-12-5-3-11(4-6-12)15(20)18-13-7-1-10(2-8-13)9-14(17)19/h1-8H,9,16H2,(H2,17,19)(H,18,20). The van der Waals surface area contributed by atoms with Crippen molar-refractivity contribution in [3.8, 4) is 0 Å². The molecule has 20 heavy (non-hydrogen) atoms. The second-order valence-electron chi connectivity index (χ2n) is 4.42. The molecule has 102 valence electrons. The van der Waals surface area contributed by atoms with Crippen molar-refractivity contribution >= 4 is 23.2 Å². The molecule has 0 radical (unpaired) electrons. The minimum absolute atomic E-state index is 0.187. The zero-order chi connectivity index (χ0) is 14.5. The van der Waals surface area contributed by atoms with Crippen LogP contribution in [-0.2, 0) is 11.2 Å². The lowest BCUT2D eigenvalue weighted by Crippen LogP contribution is -2.14. The topological polar surface area (TPSA) is 98.2 Å². The van der Waals surface area contributed by atoms with Crippen LogP contribution in [0.3, 0.4) is 0 Å². The van der Waals surface area contributed by atoms with Gasteiger partial charge in [0.05, 0.1) is 6.42 Å². The summed E-state index contributed by atoms with van der Waals surface area (Å²) in [4.78, 5) is 22.7. The van der Waals surface area contributed by atoms with Crippen molar-refractivity contribution in [1.29, 1.82) is 0 Å². The highest BCUT2D eigenvalue weighted by Gasteiger charge is 2.06. The van der Waals surface area contributed by atoms with Crippen LogP contribution in [0.25, 0.3) is 0 Å². The Hall–Kier alpha value is -2.82. The van der Waals surface area contributed by atoms with E-state index in [4.69, 9.17) is 11.5 Å². The molecule has 2 aromatic carbocycles. The Morgan fingerprint density at radius 3 is 2.10 bits per heavy atom. The van der Waals surface area contributed by atoms with Gasteiger partial charge in [-0.25, -0.2) is 0 Å². The van der Waals surface area contributed by atoms with E-state index in [9.17, 15) is 9.59 Å². The highest BCUT2D eigenvalue weighted by atomic mass is 16.2. The molecule has 5 N–H and O–H groups in total. The fourth-order valence-electron chi connectivity index (χ4n) is 1.74. The van der Waals surface area contributed by atoms with Gasteiger partial charge in [-0.1, -0.05) is 12.1 Å². The molecule has 0 saturated carbocycles. The van der Waals surface area contributed by atoms with Gasteiger partial charge in [-0.2, -0.15) is 0 Å². The van der Waals surface area contributed by atoms with Gasteiger partial charge in [-0.05, 0) is 42.0 Å². The van der Waals surface area contributed by atoms with Gasteiger partial charge in [-0.3, -0.25) is 9.59 Å². The summed E-state index contributed by atoms with van der Waals surface area (Å²) in [5, 5.41) is 2.76. The molecule has 0 atom stereocenters. The van der Waals surface area contributed by atoms with Gasteiger partial charge in [0, 0.05) is 16.9 Å². The monoisotopic (exact) mass is 269 g/mol. The molecular formula is C15H15N3O2. The number of nitrogens with two attached hydrogens (primary N) is 2. The maximum absolute atomic E-state index is 12.0. The van der Waals surface area contributed by atoms with Gasteiger partial charge in [-0.15, -0.1) is 0 Å². The molecule has 2 rings (SSSR count). The molecular weight excluding hydrogens is 254 g/mol. The van der Waals surface area contributed by atoms with Crippen LogP contribution < -0.4 is 16.8 Å². The maximum atomic E-state index is 12.0. The van der Waals surface area contributed by atoms with Crippen molar-refractivity contribution in [3.63, 3.8) is 0 Å². The number of amides is 2. The first-order valence-electron chi connectivity index (χ1n) is 6.09. The van der Waals surface area contributed by atoms with Crippen molar-refractivity contribution in [3.05, 3.63) is 59.7 Å².